The predicted molar refractivity (Wildman–Crippen MR) is 55.2 cm³/mol. The standard InChI is InChI=1S/C11H9NO4/c12-11(14)4-2-8(13)7-1-3-9-10(5-7)16-6-15-9/h1-5H,6H2,(H2,12,14)/b4-2+. The molecular weight excluding hydrogens is 210 g/mol. The zero-order valence-electron chi connectivity index (χ0n) is 8.30. The number of carbonyl (C=O) groups is 2. The van der Waals surface area contributed by atoms with Crippen LogP contribution in [0.2, 0.25) is 0 Å². The van der Waals surface area contributed by atoms with Gasteiger partial charge in [0.05, 0.1) is 0 Å². The largest absolute Gasteiger partial charge is 0.454 e. The Morgan fingerprint density at radius 1 is 1.19 bits per heavy atom. The number of hydrogen-bond acceptors (Lipinski definition) is 4. The van der Waals surface area contributed by atoms with Gasteiger partial charge in [-0.15, -0.1) is 0 Å². The number of ether oxygens (including phenoxy) is 2. The minimum atomic E-state index is -0.658. The number of nitrogens with two attached hydrogens (primary N) is 1. The van der Waals surface area contributed by atoms with Gasteiger partial charge in [0.25, 0.3) is 0 Å². The Morgan fingerprint density at radius 3 is 2.69 bits per heavy atom. The van der Waals surface area contributed by atoms with Gasteiger partial charge in [0, 0.05) is 11.6 Å². The molecule has 2 rings (SSSR count). The average molecular weight is 219 g/mol. The normalized spacial score (nSPS) is 13.0. The second-order valence-electron chi connectivity index (χ2n) is 3.17. The third-order valence-electron chi connectivity index (χ3n) is 2.06. The van der Waals surface area contributed by atoms with Crippen LogP contribution in [-0.2, 0) is 4.79 Å². The van der Waals surface area contributed by atoms with Crippen LogP contribution < -0.4 is 15.2 Å². The van der Waals surface area contributed by atoms with E-state index in [9.17, 15) is 9.59 Å². The van der Waals surface area contributed by atoms with E-state index in [1.165, 1.54) is 0 Å². The highest BCUT2D eigenvalue weighted by Gasteiger charge is 2.14. The number of rotatable bonds is 3. The lowest BCUT2D eigenvalue weighted by molar-refractivity contribution is -0.113. The molecule has 0 saturated heterocycles. The van der Waals surface area contributed by atoms with E-state index in [0.717, 1.165) is 12.2 Å². The minimum absolute atomic E-state index is 0.157. The van der Waals surface area contributed by atoms with Gasteiger partial charge in [-0.05, 0) is 24.3 Å². The van der Waals surface area contributed by atoms with E-state index >= 15 is 0 Å². The summed E-state index contributed by atoms with van der Waals surface area (Å²) in [6.45, 7) is 0.157. The van der Waals surface area contributed by atoms with Gasteiger partial charge in [-0.1, -0.05) is 0 Å². The Labute approximate surface area is 91.5 Å². The van der Waals surface area contributed by atoms with E-state index in [4.69, 9.17) is 15.2 Å². The highest BCUT2D eigenvalue weighted by molar-refractivity contribution is 6.07. The Bertz CT molecular complexity index is 479. The van der Waals surface area contributed by atoms with Crippen molar-refractivity contribution in [2.75, 3.05) is 6.79 Å². The van der Waals surface area contributed by atoms with Gasteiger partial charge in [0.2, 0.25) is 12.7 Å². The molecule has 16 heavy (non-hydrogen) atoms. The first-order valence-corrected chi connectivity index (χ1v) is 4.58. The molecule has 0 unspecified atom stereocenters. The van der Waals surface area contributed by atoms with Crippen molar-refractivity contribution in [3.8, 4) is 11.5 Å². The summed E-state index contributed by atoms with van der Waals surface area (Å²) >= 11 is 0. The van der Waals surface area contributed by atoms with Crippen molar-refractivity contribution in [1.82, 2.24) is 0 Å². The maximum absolute atomic E-state index is 11.6. The third kappa shape index (κ3) is 2.03. The Morgan fingerprint density at radius 2 is 1.94 bits per heavy atom. The summed E-state index contributed by atoms with van der Waals surface area (Å²) in [5.41, 5.74) is 5.30. The molecule has 5 nitrogen and oxygen atoms in total. The van der Waals surface area contributed by atoms with Crippen LogP contribution >= 0.6 is 0 Å². The van der Waals surface area contributed by atoms with Crippen molar-refractivity contribution in [3.63, 3.8) is 0 Å². The van der Waals surface area contributed by atoms with E-state index in [-0.39, 0.29) is 12.6 Å². The number of hydrogen-bond donors (Lipinski definition) is 1. The second-order valence-corrected chi connectivity index (χ2v) is 3.17. The molecule has 1 aromatic carbocycles. The lowest BCUT2D eigenvalue weighted by atomic mass is 10.1. The van der Waals surface area contributed by atoms with Gasteiger partial charge < -0.3 is 15.2 Å². The molecule has 82 valence electrons. The van der Waals surface area contributed by atoms with Crippen molar-refractivity contribution < 1.29 is 19.1 Å². The highest BCUT2D eigenvalue weighted by Crippen LogP contribution is 2.32. The molecule has 1 heterocycles. The first-order chi connectivity index (χ1) is 7.66. The smallest absolute Gasteiger partial charge is 0.241 e. The molecule has 1 aliphatic heterocycles. The number of primary amides is 1. The van der Waals surface area contributed by atoms with Crippen LogP contribution in [0.3, 0.4) is 0 Å². The fourth-order valence-electron chi connectivity index (χ4n) is 1.30. The number of carbonyl (C=O) groups excluding carboxylic acids is 2. The molecule has 1 aliphatic rings. The molecule has 0 atom stereocenters. The molecule has 5 heteroatoms. The van der Waals surface area contributed by atoms with E-state index < -0.39 is 5.91 Å². The number of amides is 1. The number of ketones is 1. The Kier molecular flexibility index (Phi) is 2.59. The van der Waals surface area contributed by atoms with Crippen molar-refractivity contribution in [2.24, 2.45) is 5.73 Å². The van der Waals surface area contributed by atoms with E-state index in [1.54, 1.807) is 18.2 Å². The minimum Gasteiger partial charge on any atom is -0.454 e. The molecule has 0 bridgehead atoms. The predicted octanol–water partition coefficient (Wildman–Crippen LogP) is 0.640. The molecule has 0 radical (unpaired) electrons. The molecular formula is C11H9NO4. The highest BCUT2D eigenvalue weighted by atomic mass is 16.7. The lowest BCUT2D eigenvalue weighted by Gasteiger charge is -1.98. The number of fused-ring (bicyclic) bond motifs is 1. The van der Waals surface area contributed by atoms with Crippen LogP contribution in [-0.4, -0.2) is 18.5 Å². The van der Waals surface area contributed by atoms with E-state index in [0.29, 0.717) is 17.1 Å². The van der Waals surface area contributed by atoms with Crippen LogP contribution in [0.15, 0.2) is 30.4 Å². The second kappa shape index (κ2) is 4.06. The van der Waals surface area contributed by atoms with Crippen LogP contribution in [0.1, 0.15) is 10.4 Å². The van der Waals surface area contributed by atoms with Gasteiger partial charge in [0.15, 0.2) is 17.3 Å². The zero-order chi connectivity index (χ0) is 11.5. The van der Waals surface area contributed by atoms with Gasteiger partial charge in [-0.3, -0.25) is 9.59 Å². The van der Waals surface area contributed by atoms with Crippen molar-refractivity contribution >= 4 is 11.7 Å². The maximum Gasteiger partial charge on any atom is 0.241 e. The van der Waals surface area contributed by atoms with Gasteiger partial charge in [-0.2, -0.15) is 0 Å². The van der Waals surface area contributed by atoms with Crippen molar-refractivity contribution in [3.05, 3.63) is 35.9 Å². The average Bonchev–Trinajstić information content (AvgIpc) is 2.72. The van der Waals surface area contributed by atoms with Crippen LogP contribution in [0.4, 0.5) is 0 Å². The summed E-state index contributed by atoms with van der Waals surface area (Å²) in [6, 6.07) is 4.81. The van der Waals surface area contributed by atoms with E-state index in [2.05, 4.69) is 0 Å². The Hall–Kier alpha value is -2.30. The first-order valence-electron chi connectivity index (χ1n) is 4.58. The van der Waals surface area contributed by atoms with Crippen molar-refractivity contribution in [1.29, 1.82) is 0 Å². The van der Waals surface area contributed by atoms with Gasteiger partial charge in [-0.25, -0.2) is 0 Å². The Balaban J connectivity index is 2.21. The molecule has 0 aromatic heterocycles. The lowest BCUT2D eigenvalue weighted by Crippen LogP contribution is -2.06. The van der Waals surface area contributed by atoms with Gasteiger partial charge in [0.1, 0.15) is 0 Å². The molecule has 1 amide bonds. The summed E-state index contributed by atoms with van der Waals surface area (Å²) in [4.78, 5) is 22.0. The summed E-state index contributed by atoms with van der Waals surface area (Å²) in [5.74, 6) is 0.167. The molecule has 0 fully saturated rings. The topological polar surface area (TPSA) is 78.6 Å². The molecule has 0 spiro atoms. The summed E-state index contributed by atoms with van der Waals surface area (Å²) in [6.07, 6.45) is 2.15. The van der Waals surface area contributed by atoms with Crippen LogP contribution in [0.25, 0.3) is 0 Å². The van der Waals surface area contributed by atoms with Gasteiger partial charge >= 0.3 is 0 Å². The number of benzene rings is 1. The summed E-state index contributed by atoms with van der Waals surface area (Å²) in [5, 5.41) is 0. The third-order valence-corrected chi connectivity index (χ3v) is 2.06. The maximum atomic E-state index is 11.6. The first kappa shape index (κ1) is 10.2. The monoisotopic (exact) mass is 219 g/mol. The van der Waals surface area contributed by atoms with Crippen LogP contribution in [0.5, 0.6) is 11.5 Å². The van der Waals surface area contributed by atoms with Crippen molar-refractivity contribution in [2.45, 2.75) is 0 Å². The summed E-state index contributed by atoms with van der Waals surface area (Å²) < 4.78 is 10.2. The fourth-order valence-corrected chi connectivity index (χ4v) is 1.30. The molecule has 0 aliphatic carbocycles. The zero-order valence-corrected chi connectivity index (χ0v) is 8.30. The van der Waals surface area contributed by atoms with E-state index in [1.807, 2.05) is 0 Å². The quantitative estimate of drug-likeness (QED) is 0.597. The fraction of sp³-hybridized carbons (Fsp3) is 0.0909. The number of allylic oxidation sites excluding steroid dienone is 1. The molecule has 0 saturated carbocycles. The molecule has 2 N–H and O–H groups in total. The SMILES string of the molecule is NC(=O)/C=C/C(=O)c1ccc2c(c1)OCO2. The van der Waals surface area contributed by atoms with Crippen LogP contribution in [0, 0.1) is 0 Å². The summed E-state index contributed by atoms with van der Waals surface area (Å²) in [7, 11) is 0. The molecule has 1 aromatic rings.